The summed E-state index contributed by atoms with van der Waals surface area (Å²) in [5.74, 6) is -0.922. The van der Waals surface area contributed by atoms with Gasteiger partial charge in [0.25, 0.3) is 6.10 Å². The first kappa shape index (κ1) is 13.8. The van der Waals surface area contributed by atoms with Crippen LogP contribution in [0.3, 0.4) is 0 Å². The lowest BCUT2D eigenvalue weighted by atomic mass is 10.3. The normalized spacial score (nSPS) is 12.9. The van der Waals surface area contributed by atoms with Gasteiger partial charge < -0.3 is 4.74 Å². The van der Waals surface area contributed by atoms with Crippen molar-refractivity contribution in [2.75, 3.05) is 0 Å². The molecule has 0 aromatic carbocycles. The first-order valence-corrected chi connectivity index (χ1v) is 4.28. The Morgan fingerprint density at radius 3 is 1.88 bits per heavy atom. The van der Waals surface area contributed by atoms with Crippen LogP contribution in [0.25, 0.3) is 0 Å². The van der Waals surface area contributed by atoms with Gasteiger partial charge in [-0.05, 0) is 6.07 Å². The molecule has 0 aliphatic heterocycles. The lowest BCUT2D eigenvalue weighted by Crippen LogP contribution is -2.46. The molecule has 0 unspecified atom stereocenters. The molecular formula is C7H3ClF6N2O. The largest absolute Gasteiger partial charge is 0.454 e. The lowest BCUT2D eigenvalue weighted by Gasteiger charge is -2.22. The number of rotatable bonds is 2. The molecule has 0 atom stereocenters. The predicted molar refractivity (Wildman–Crippen MR) is 43.6 cm³/mol. The fraction of sp³-hybridized carbons (Fsp3) is 0.429. The second-order valence-electron chi connectivity index (χ2n) is 2.78. The predicted octanol–water partition coefficient (Wildman–Crippen LogP) is 3.00. The van der Waals surface area contributed by atoms with Gasteiger partial charge in [-0.25, -0.2) is 0 Å². The minimum absolute atomic E-state index is 0.187. The van der Waals surface area contributed by atoms with Crippen LogP contribution < -0.4 is 4.74 Å². The Kier molecular flexibility index (Phi) is 3.70. The van der Waals surface area contributed by atoms with E-state index in [1.54, 1.807) is 0 Å². The third kappa shape index (κ3) is 3.91. The quantitative estimate of drug-likeness (QED) is 0.781. The molecule has 17 heavy (non-hydrogen) atoms. The Bertz CT molecular complexity index is 361. The summed E-state index contributed by atoms with van der Waals surface area (Å²) in [4.78, 5) is 0. The first-order valence-electron chi connectivity index (χ1n) is 3.90. The summed E-state index contributed by atoms with van der Waals surface area (Å²) in [6, 6.07) is 1.70. The SMILES string of the molecule is FC(F)(F)C(Oc1ccc(Cl)nn1)C(F)(F)F. The Morgan fingerprint density at radius 2 is 1.53 bits per heavy atom. The zero-order valence-corrected chi connectivity index (χ0v) is 8.44. The molecule has 0 bridgehead atoms. The Balaban J connectivity index is 2.92. The van der Waals surface area contributed by atoms with Gasteiger partial charge in [0, 0.05) is 6.07 Å². The van der Waals surface area contributed by atoms with E-state index in [1.807, 2.05) is 0 Å². The molecule has 1 rings (SSSR count). The zero-order chi connectivity index (χ0) is 13.3. The highest BCUT2D eigenvalue weighted by molar-refractivity contribution is 6.29. The van der Waals surface area contributed by atoms with Crippen LogP contribution in [0, 0.1) is 0 Å². The van der Waals surface area contributed by atoms with Crippen molar-refractivity contribution < 1.29 is 31.1 Å². The maximum absolute atomic E-state index is 12.1. The smallest absolute Gasteiger partial charge is 0.434 e. The van der Waals surface area contributed by atoms with Gasteiger partial charge in [-0.2, -0.15) is 26.3 Å². The molecule has 10 heteroatoms. The highest BCUT2D eigenvalue weighted by Crippen LogP contribution is 2.35. The second kappa shape index (κ2) is 4.55. The number of aromatic nitrogens is 2. The van der Waals surface area contributed by atoms with E-state index in [1.165, 1.54) is 0 Å². The first-order chi connectivity index (χ1) is 7.60. The van der Waals surface area contributed by atoms with Gasteiger partial charge in [-0.3, -0.25) is 0 Å². The molecule has 0 saturated carbocycles. The van der Waals surface area contributed by atoms with Gasteiger partial charge in [0.15, 0.2) is 5.15 Å². The van der Waals surface area contributed by atoms with Crippen molar-refractivity contribution in [1.29, 1.82) is 0 Å². The molecule has 0 radical (unpaired) electrons. The van der Waals surface area contributed by atoms with Crippen LogP contribution in [0.1, 0.15) is 0 Å². The van der Waals surface area contributed by atoms with Crippen molar-refractivity contribution in [2.45, 2.75) is 18.5 Å². The maximum Gasteiger partial charge on any atom is 0.434 e. The molecule has 0 fully saturated rings. The summed E-state index contributed by atoms with van der Waals surface area (Å²) in [5, 5.41) is 5.81. The minimum Gasteiger partial charge on any atom is -0.454 e. The summed E-state index contributed by atoms with van der Waals surface area (Å²) in [6.07, 6.45) is -15.1. The van der Waals surface area contributed by atoms with Gasteiger partial charge in [0.2, 0.25) is 5.88 Å². The van der Waals surface area contributed by atoms with Crippen LogP contribution in [0.2, 0.25) is 5.15 Å². The third-order valence-electron chi connectivity index (χ3n) is 1.44. The molecule has 3 nitrogen and oxygen atoms in total. The summed E-state index contributed by atoms with van der Waals surface area (Å²) in [6.45, 7) is 0. The van der Waals surface area contributed by atoms with Crippen molar-refractivity contribution in [3.05, 3.63) is 17.3 Å². The van der Waals surface area contributed by atoms with Crippen molar-refractivity contribution >= 4 is 11.6 Å². The number of ether oxygens (including phenoxy) is 1. The third-order valence-corrected chi connectivity index (χ3v) is 1.64. The standard InChI is InChI=1S/C7H3ClF6N2O/c8-3-1-2-4(16-15-3)17-5(6(9,10)11)7(12,13)14/h1-2,5H. The fourth-order valence-corrected chi connectivity index (χ4v) is 0.907. The van der Waals surface area contributed by atoms with Crippen molar-refractivity contribution in [3.8, 4) is 5.88 Å². The molecule has 0 aliphatic rings. The van der Waals surface area contributed by atoms with E-state index in [9.17, 15) is 26.3 Å². The van der Waals surface area contributed by atoms with E-state index < -0.39 is 24.3 Å². The van der Waals surface area contributed by atoms with Gasteiger partial charge in [-0.15, -0.1) is 10.2 Å². The zero-order valence-electron chi connectivity index (χ0n) is 7.68. The van der Waals surface area contributed by atoms with E-state index in [4.69, 9.17) is 11.6 Å². The van der Waals surface area contributed by atoms with Crippen molar-refractivity contribution in [1.82, 2.24) is 10.2 Å². The molecule has 0 amide bonds. The van der Waals surface area contributed by atoms with Gasteiger partial charge in [0.1, 0.15) is 0 Å². The molecule has 0 spiro atoms. The molecule has 1 aromatic rings. The van der Waals surface area contributed by atoms with E-state index in [0.29, 0.717) is 0 Å². The van der Waals surface area contributed by atoms with Crippen LogP contribution in [0.4, 0.5) is 26.3 Å². The Morgan fingerprint density at radius 1 is 1.00 bits per heavy atom. The van der Waals surface area contributed by atoms with E-state index in [-0.39, 0.29) is 5.15 Å². The average Bonchev–Trinajstić information content (AvgIpc) is 2.13. The van der Waals surface area contributed by atoms with Crippen LogP contribution in [0.15, 0.2) is 12.1 Å². The van der Waals surface area contributed by atoms with Gasteiger partial charge >= 0.3 is 12.4 Å². The summed E-state index contributed by atoms with van der Waals surface area (Å²) in [7, 11) is 0. The lowest BCUT2D eigenvalue weighted by molar-refractivity contribution is -0.300. The summed E-state index contributed by atoms with van der Waals surface area (Å²) in [5.41, 5.74) is 0. The fourth-order valence-electron chi connectivity index (χ4n) is 0.807. The molecule has 0 saturated heterocycles. The van der Waals surface area contributed by atoms with Crippen LogP contribution in [0.5, 0.6) is 5.88 Å². The minimum atomic E-state index is -5.60. The average molecular weight is 281 g/mol. The van der Waals surface area contributed by atoms with Crippen LogP contribution in [-0.2, 0) is 0 Å². The Labute approximate surface area is 95.3 Å². The monoisotopic (exact) mass is 280 g/mol. The summed E-state index contributed by atoms with van der Waals surface area (Å²) < 4.78 is 76.1. The Hall–Kier alpha value is -1.25. The number of hydrogen-bond donors (Lipinski definition) is 0. The molecule has 0 aliphatic carbocycles. The van der Waals surface area contributed by atoms with E-state index >= 15 is 0 Å². The highest BCUT2D eigenvalue weighted by atomic mass is 35.5. The van der Waals surface area contributed by atoms with Crippen molar-refractivity contribution in [2.24, 2.45) is 0 Å². The van der Waals surface area contributed by atoms with Crippen molar-refractivity contribution in [3.63, 3.8) is 0 Å². The highest BCUT2D eigenvalue weighted by Gasteiger charge is 2.59. The number of alkyl halides is 6. The topological polar surface area (TPSA) is 35.0 Å². The molecular weight excluding hydrogens is 278 g/mol. The molecule has 0 N–H and O–H groups in total. The van der Waals surface area contributed by atoms with E-state index in [2.05, 4.69) is 14.9 Å². The van der Waals surface area contributed by atoms with Gasteiger partial charge in [0.05, 0.1) is 0 Å². The van der Waals surface area contributed by atoms with Crippen LogP contribution in [-0.4, -0.2) is 28.7 Å². The van der Waals surface area contributed by atoms with E-state index in [0.717, 1.165) is 12.1 Å². The van der Waals surface area contributed by atoms with Crippen LogP contribution >= 0.6 is 11.6 Å². The van der Waals surface area contributed by atoms with Gasteiger partial charge in [-0.1, -0.05) is 11.6 Å². The number of halogens is 7. The maximum atomic E-state index is 12.1. The second-order valence-corrected chi connectivity index (χ2v) is 3.16. The summed E-state index contributed by atoms with van der Waals surface area (Å²) >= 11 is 5.25. The molecule has 1 aromatic heterocycles. The number of hydrogen-bond acceptors (Lipinski definition) is 3. The molecule has 96 valence electrons. The molecule has 1 heterocycles. The number of nitrogens with zero attached hydrogens (tertiary/aromatic N) is 2.